The van der Waals surface area contributed by atoms with Crippen LogP contribution in [0, 0.1) is 11.3 Å². The minimum Gasteiger partial charge on any atom is -0.437 e. The molecule has 0 spiro atoms. The predicted octanol–water partition coefficient (Wildman–Crippen LogP) is 0.865. The molecule has 0 unspecified atom stereocenters. The zero-order chi connectivity index (χ0) is 11.7. The van der Waals surface area contributed by atoms with Gasteiger partial charge in [-0.3, -0.25) is 0 Å². The fourth-order valence-corrected chi connectivity index (χ4v) is 1.50. The van der Waals surface area contributed by atoms with Gasteiger partial charge in [-0.05, 0) is 6.42 Å². The molecule has 15 heavy (non-hydrogen) atoms. The van der Waals surface area contributed by atoms with Crippen molar-refractivity contribution in [2.24, 2.45) is 5.73 Å². The number of nitriles is 1. The molecule has 0 amide bonds. The summed E-state index contributed by atoms with van der Waals surface area (Å²) in [6, 6.07) is 1.19. The third-order valence-corrected chi connectivity index (χ3v) is 2.23. The van der Waals surface area contributed by atoms with E-state index in [2.05, 4.69) is 4.74 Å². The summed E-state index contributed by atoms with van der Waals surface area (Å²) in [5.41, 5.74) is 3.74. The summed E-state index contributed by atoms with van der Waals surface area (Å²) in [7, 11) is 0. The van der Waals surface area contributed by atoms with Gasteiger partial charge in [0.1, 0.15) is 6.07 Å². The highest BCUT2D eigenvalue weighted by Gasteiger charge is 2.49. The van der Waals surface area contributed by atoms with Crippen molar-refractivity contribution in [2.75, 3.05) is 0 Å². The molecule has 0 radical (unpaired) electrons. The summed E-state index contributed by atoms with van der Waals surface area (Å²) in [5.74, 6) is -2.34. The van der Waals surface area contributed by atoms with E-state index in [1.54, 1.807) is 6.07 Å². The van der Waals surface area contributed by atoms with E-state index >= 15 is 0 Å². The number of hydrogen-bond acceptors (Lipinski definition) is 4. The number of rotatable bonds is 1. The number of carbonyl (C=O) groups excluding carboxylic acids is 1. The Morgan fingerprint density at radius 1 is 1.60 bits per heavy atom. The van der Waals surface area contributed by atoms with Crippen LogP contribution in [0.15, 0.2) is 0 Å². The lowest BCUT2D eigenvalue weighted by Gasteiger charge is -2.21. The lowest BCUT2D eigenvalue weighted by atomic mass is 10.0. The number of hydrogen-bond donors (Lipinski definition) is 1. The zero-order valence-corrected chi connectivity index (χ0v) is 7.67. The Balaban J connectivity index is 2.72. The van der Waals surface area contributed by atoms with Crippen LogP contribution >= 0.6 is 0 Å². The topological polar surface area (TPSA) is 76.1 Å². The van der Waals surface area contributed by atoms with E-state index in [9.17, 15) is 18.0 Å². The number of carbonyl (C=O) groups is 1. The van der Waals surface area contributed by atoms with E-state index in [1.165, 1.54) is 0 Å². The SMILES string of the molecule is N#C[C@]1(OC(=O)C(F)(F)F)CC[C@H](N)C1. The molecule has 0 aromatic carbocycles. The van der Waals surface area contributed by atoms with E-state index in [1.807, 2.05) is 0 Å². The molecule has 1 aliphatic carbocycles. The minimum atomic E-state index is -5.07. The molecular formula is C8H9F3N2O2. The smallest absolute Gasteiger partial charge is 0.437 e. The molecular weight excluding hydrogens is 213 g/mol. The third-order valence-electron chi connectivity index (χ3n) is 2.23. The summed E-state index contributed by atoms with van der Waals surface area (Å²) < 4.78 is 39.9. The molecule has 84 valence electrons. The second-order valence-electron chi connectivity index (χ2n) is 3.50. The summed E-state index contributed by atoms with van der Waals surface area (Å²) in [6.45, 7) is 0. The first-order chi connectivity index (χ1) is 6.79. The van der Waals surface area contributed by atoms with Crippen molar-refractivity contribution in [3.63, 3.8) is 0 Å². The normalized spacial score (nSPS) is 31.0. The first-order valence-corrected chi connectivity index (χ1v) is 4.26. The number of halogens is 3. The minimum absolute atomic E-state index is 0.0481. The van der Waals surface area contributed by atoms with Gasteiger partial charge < -0.3 is 10.5 Å². The maximum Gasteiger partial charge on any atom is 0.490 e. The summed E-state index contributed by atoms with van der Waals surface area (Å²) >= 11 is 0. The Kier molecular flexibility index (Phi) is 2.90. The molecule has 0 aromatic rings. The van der Waals surface area contributed by atoms with Crippen LogP contribution in [0.25, 0.3) is 0 Å². The fraction of sp³-hybridized carbons (Fsp3) is 0.750. The highest BCUT2D eigenvalue weighted by molar-refractivity contribution is 5.76. The number of ether oxygens (including phenoxy) is 1. The van der Waals surface area contributed by atoms with Gasteiger partial charge in [0.25, 0.3) is 0 Å². The molecule has 2 N–H and O–H groups in total. The first-order valence-electron chi connectivity index (χ1n) is 4.26. The molecule has 7 heteroatoms. The second kappa shape index (κ2) is 3.70. The van der Waals surface area contributed by atoms with Crippen LogP contribution in [0.5, 0.6) is 0 Å². The Morgan fingerprint density at radius 3 is 2.53 bits per heavy atom. The molecule has 0 saturated heterocycles. The number of nitrogens with zero attached hydrogens (tertiary/aromatic N) is 1. The lowest BCUT2D eigenvalue weighted by molar-refractivity contribution is -0.209. The van der Waals surface area contributed by atoms with Gasteiger partial charge in [-0.2, -0.15) is 18.4 Å². The molecule has 0 aliphatic heterocycles. The standard InChI is InChI=1S/C8H9F3N2O2/c9-8(10,11)6(14)15-7(4-12)2-1-5(13)3-7/h5H,1-3,13H2/t5-,7-/m0/s1. The third kappa shape index (κ3) is 2.59. The Morgan fingerprint density at radius 2 is 2.20 bits per heavy atom. The van der Waals surface area contributed by atoms with Crippen LogP contribution < -0.4 is 5.73 Å². The number of nitrogens with two attached hydrogens (primary N) is 1. The van der Waals surface area contributed by atoms with Crippen molar-refractivity contribution in [1.82, 2.24) is 0 Å². The van der Waals surface area contributed by atoms with Gasteiger partial charge in [0.15, 0.2) is 5.60 Å². The van der Waals surface area contributed by atoms with E-state index in [0.717, 1.165) is 0 Å². The van der Waals surface area contributed by atoms with E-state index in [0.29, 0.717) is 6.42 Å². The van der Waals surface area contributed by atoms with E-state index in [4.69, 9.17) is 11.0 Å². The zero-order valence-electron chi connectivity index (χ0n) is 7.67. The molecule has 1 aliphatic rings. The molecule has 1 rings (SSSR count). The van der Waals surface area contributed by atoms with Crippen LogP contribution in [0.4, 0.5) is 13.2 Å². The molecule has 4 nitrogen and oxygen atoms in total. The Hall–Kier alpha value is -1.29. The van der Waals surface area contributed by atoms with Crippen LogP contribution in [0.1, 0.15) is 19.3 Å². The van der Waals surface area contributed by atoms with Gasteiger partial charge in [0, 0.05) is 18.9 Å². The largest absolute Gasteiger partial charge is 0.490 e. The quantitative estimate of drug-likeness (QED) is 0.668. The maximum absolute atomic E-state index is 11.9. The van der Waals surface area contributed by atoms with Crippen LogP contribution in [0.2, 0.25) is 0 Å². The first kappa shape index (κ1) is 11.8. The van der Waals surface area contributed by atoms with Gasteiger partial charge in [-0.15, -0.1) is 0 Å². The van der Waals surface area contributed by atoms with Gasteiger partial charge in [-0.25, -0.2) is 4.79 Å². The lowest BCUT2D eigenvalue weighted by Crippen LogP contribution is -2.38. The highest BCUT2D eigenvalue weighted by Crippen LogP contribution is 2.34. The molecule has 0 aromatic heterocycles. The molecule has 0 bridgehead atoms. The van der Waals surface area contributed by atoms with Gasteiger partial charge in [0.05, 0.1) is 0 Å². The van der Waals surface area contributed by atoms with Crippen molar-refractivity contribution >= 4 is 5.97 Å². The van der Waals surface area contributed by atoms with Crippen LogP contribution in [-0.4, -0.2) is 23.8 Å². The van der Waals surface area contributed by atoms with Crippen molar-refractivity contribution in [3.05, 3.63) is 0 Å². The van der Waals surface area contributed by atoms with E-state index in [-0.39, 0.29) is 12.8 Å². The summed E-state index contributed by atoms with van der Waals surface area (Å²) in [6.07, 6.45) is -4.70. The maximum atomic E-state index is 11.9. The van der Waals surface area contributed by atoms with Crippen LogP contribution in [0.3, 0.4) is 0 Å². The Bertz CT molecular complexity index is 310. The van der Waals surface area contributed by atoms with Gasteiger partial charge in [0.2, 0.25) is 0 Å². The monoisotopic (exact) mass is 222 g/mol. The number of alkyl halides is 3. The van der Waals surface area contributed by atoms with Gasteiger partial charge >= 0.3 is 12.1 Å². The van der Waals surface area contributed by atoms with Crippen molar-refractivity contribution < 1.29 is 22.7 Å². The van der Waals surface area contributed by atoms with Gasteiger partial charge in [-0.1, -0.05) is 0 Å². The average Bonchev–Trinajstić information content (AvgIpc) is 2.47. The molecule has 0 heterocycles. The fourth-order valence-electron chi connectivity index (χ4n) is 1.50. The van der Waals surface area contributed by atoms with E-state index < -0.39 is 23.8 Å². The summed E-state index contributed by atoms with van der Waals surface area (Å²) in [5, 5.41) is 8.70. The summed E-state index contributed by atoms with van der Waals surface area (Å²) in [4.78, 5) is 10.6. The Labute approximate surface area is 83.8 Å². The average molecular weight is 222 g/mol. The predicted molar refractivity (Wildman–Crippen MR) is 42.3 cm³/mol. The molecule has 1 fully saturated rings. The van der Waals surface area contributed by atoms with Crippen molar-refractivity contribution in [2.45, 2.75) is 37.1 Å². The van der Waals surface area contributed by atoms with Crippen molar-refractivity contribution in [1.29, 1.82) is 5.26 Å². The second-order valence-corrected chi connectivity index (χ2v) is 3.50. The molecule has 2 atom stereocenters. The number of esters is 1. The van der Waals surface area contributed by atoms with Crippen molar-refractivity contribution in [3.8, 4) is 6.07 Å². The molecule has 1 saturated carbocycles. The highest BCUT2D eigenvalue weighted by atomic mass is 19.4. The van der Waals surface area contributed by atoms with Crippen LogP contribution in [-0.2, 0) is 9.53 Å².